The van der Waals surface area contributed by atoms with Crippen LogP contribution in [-0.2, 0) is 21.2 Å². The van der Waals surface area contributed by atoms with Gasteiger partial charge in [0.1, 0.15) is 6.04 Å². The minimum absolute atomic E-state index is 0.00149. The van der Waals surface area contributed by atoms with E-state index in [1.54, 1.807) is 48.5 Å². The zero-order valence-electron chi connectivity index (χ0n) is 13.8. The summed E-state index contributed by atoms with van der Waals surface area (Å²) in [6.45, 7) is 0. The largest absolute Gasteiger partial charge is 0.480 e. The van der Waals surface area contributed by atoms with E-state index in [1.165, 1.54) is 12.1 Å². The molecular formula is C19H18N2O4S. The van der Waals surface area contributed by atoms with Crippen LogP contribution in [0, 0.1) is 0 Å². The molecule has 7 heteroatoms. The van der Waals surface area contributed by atoms with Crippen LogP contribution in [0.3, 0.4) is 0 Å². The van der Waals surface area contributed by atoms with E-state index in [0.717, 1.165) is 5.56 Å². The zero-order valence-corrected chi connectivity index (χ0v) is 14.6. The van der Waals surface area contributed by atoms with E-state index in [-0.39, 0.29) is 11.3 Å². The van der Waals surface area contributed by atoms with Crippen LogP contribution in [0.2, 0.25) is 0 Å². The van der Waals surface area contributed by atoms with E-state index in [4.69, 9.17) is 5.73 Å². The van der Waals surface area contributed by atoms with Crippen molar-refractivity contribution in [2.75, 3.05) is 5.73 Å². The van der Waals surface area contributed by atoms with Crippen LogP contribution in [0.25, 0.3) is 10.8 Å². The van der Waals surface area contributed by atoms with Crippen molar-refractivity contribution in [2.45, 2.75) is 17.4 Å². The Morgan fingerprint density at radius 1 is 0.962 bits per heavy atom. The van der Waals surface area contributed by atoms with E-state index in [1.807, 2.05) is 6.07 Å². The van der Waals surface area contributed by atoms with E-state index >= 15 is 0 Å². The summed E-state index contributed by atoms with van der Waals surface area (Å²) in [6.07, 6.45) is 0.0440. The summed E-state index contributed by atoms with van der Waals surface area (Å²) < 4.78 is 28.0. The molecule has 134 valence electrons. The first-order valence-corrected chi connectivity index (χ1v) is 9.43. The van der Waals surface area contributed by atoms with Crippen LogP contribution >= 0.6 is 0 Å². The number of sulfonamides is 1. The number of carboxylic acids is 1. The topological polar surface area (TPSA) is 109 Å². The Morgan fingerprint density at radius 2 is 1.58 bits per heavy atom. The van der Waals surface area contributed by atoms with Crippen molar-refractivity contribution in [3.05, 3.63) is 72.3 Å². The van der Waals surface area contributed by atoms with Gasteiger partial charge in [-0.25, -0.2) is 8.42 Å². The molecule has 3 aromatic rings. The van der Waals surface area contributed by atoms with Crippen LogP contribution in [0.4, 0.5) is 5.69 Å². The fraction of sp³-hybridized carbons (Fsp3) is 0.105. The molecule has 0 spiro atoms. The summed E-state index contributed by atoms with van der Waals surface area (Å²) in [5.41, 5.74) is 7.09. The van der Waals surface area contributed by atoms with Gasteiger partial charge < -0.3 is 10.8 Å². The Hall–Kier alpha value is -2.90. The molecule has 3 aromatic carbocycles. The van der Waals surface area contributed by atoms with Crippen molar-refractivity contribution in [3.8, 4) is 0 Å². The molecule has 0 fully saturated rings. The normalized spacial score (nSPS) is 12.8. The van der Waals surface area contributed by atoms with Gasteiger partial charge in [0.05, 0.1) is 4.90 Å². The Labute approximate surface area is 151 Å². The van der Waals surface area contributed by atoms with Crippen LogP contribution in [0.1, 0.15) is 5.56 Å². The molecule has 0 saturated carbocycles. The smallest absolute Gasteiger partial charge is 0.322 e. The number of fused-ring (bicyclic) bond motifs is 1. The molecule has 0 saturated heterocycles. The highest BCUT2D eigenvalue weighted by molar-refractivity contribution is 7.89. The molecule has 0 aliphatic rings. The van der Waals surface area contributed by atoms with Crippen molar-refractivity contribution in [2.24, 2.45) is 0 Å². The lowest BCUT2D eigenvalue weighted by Gasteiger charge is -2.16. The van der Waals surface area contributed by atoms with Crippen LogP contribution in [0.5, 0.6) is 0 Å². The summed E-state index contributed by atoms with van der Waals surface area (Å²) in [7, 11) is -4.05. The number of hydrogen-bond donors (Lipinski definition) is 3. The number of rotatable bonds is 6. The third kappa shape index (κ3) is 3.68. The van der Waals surface area contributed by atoms with E-state index < -0.39 is 22.0 Å². The second-order valence-corrected chi connectivity index (χ2v) is 7.58. The number of nitrogens with two attached hydrogens (primary N) is 1. The summed E-state index contributed by atoms with van der Waals surface area (Å²) in [4.78, 5) is 11.6. The first-order valence-electron chi connectivity index (χ1n) is 7.95. The number of nitrogen functional groups attached to an aromatic ring is 1. The zero-order chi connectivity index (χ0) is 18.7. The highest BCUT2D eigenvalue weighted by atomic mass is 32.2. The van der Waals surface area contributed by atoms with Gasteiger partial charge in [0.2, 0.25) is 10.0 Å². The Balaban J connectivity index is 1.97. The number of hydrogen-bond acceptors (Lipinski definition) is 4. The van der Waals surface area contributed by atoms with Gasteiger partial charge in [0.25, 0.3) is 0 Å². The highest BCUT2D eigenvalue weighted by Crippen LogP contribution is 2.27. The molecule has 3 rings (SSSR count). The number of aliphatic carboxylic acids is 1. The maximum Gasteiger partial charge on any atom is 0.322 e. The van der Waals surface area contributed by atoms with Crippen LogP contribution in [0.15, 0.2) is 71.6 Å². The molecule has 6 nitrogen and oxygen atoms in total. The van der Waals surface area contributed by atoms with Gasteiger partial charge in [-0.1, -0.05) is 54.6 Å². The maximum absolute atomic E-state index is 12.8. The van der Waals surface area contributed by atoms with E-state index in [0.29, 0.717) is 16.5 Å². The van der Waals surface area contributed by atoms with E-state index in [9.17, 15) is 18.3 Å². The summed E-state index contributed by atoms with van der Waals surface area (Å²) in [5.74, 6) is -1.24. The first-order chi connectivity index (χ1) is 12.4. The summed E-state index contributed by atoms with van der Waals surface area (Å²) >= 11 is 0. The SMILES string of the molecule is Nc1ccc(S(=O)(=O)NC(Cc2ccccc2)C(=O)O)c2ccccc12. The molecule has 26 heavy (non-hydrogen) atoms. The standard InChI is InChI=1S/C19H18N2O4S/c20-16-10-11-18(15-9-5-4-8-14(15)16)26(24,25)21-17(19(22)23)12-13-6-2-1-3-7-13/h1-11,17,21H,12,20H2,(H,22,23). The molecule has 0 aromatic heterocycles. The monoisotopic (exact) mass is 370 g/mol. The molecule has 4 N–H and O–H groups in total. The lowest BCUT2D eigenvalue weighted by Crippen LogP contribution is -2.42. The van der Waals surface area contributed by atoms with Crippen molar-refractivity contribution >= 4 is 32.5 Å². The molecular weight excluding hydrogens is 352 g/mol. The average molecular weight is 370 g/mol. The predicted octanol–water partition coefficient (Wildman–Crippen LogP) is 2.40. The summed E-state index contributed by atoms with van der Waals surface area (Å²) in [6, 6.07) is 17.3. The molecule has 1 atom stereocenters. The fourth-order valence-corrected chi connectivity index (χ4v) is 4.21. The number of anilines is 1. The van der Waals surface area contributed by atoms with Gasteiger partial charge in [-0.15, -0.1) is 0 Å². The van der Waals surface area contributed by atoms with E-state index in [2.05, 4.69) is 4.72 Å². The Morgan fingerprint density at radius 3 is 2.23 bits per heavy atom. The Bertz CT molecular complexity index is 1050. The molecule has 0 radical (unpaired) electrons. The van der Waals surface area contributed by atoms with Crippen LogP contribution < -0.4 is 10.5 Å². The van der Waals surface area contributed by atoms with Crippen LogP contribution in [-0.4, -0.2) is 25.5 Å². The second-order valence-electron chi connectivity index (χ2n) is 5.90. The fourth-order valence-electron chi connectivity index (χ4n) is 2.81. The van der Waals surface area contributed by atoms with Gasteiger partial charge in [0, 0.05) is 16.5 Å². The molecule has 1 unspecified atom stereocenters. The van der Waals surface area contributed by atoms with Crippen molar-refractivity contribution < 1.29 is 18.3 Å². The minimum atomic E-state index is -4.05. The summed E-state index contributed by atoms with van der Waals surface area (Å²) in [5, 5.41) is 10.5. The quantitative estimate of drug-likeness (QED) is 0.577. The van der Waals surface area contributed by atoms with Gasteiger partial charge in [0.15, 0.2) is 0 Å². The van der Waals surface area contributed by atoms with Crippen molar-refractivity contribution in [1.29, 1.82) is 0 Å². The molecule has 0 aliphatic heterocycles. The average Bonchev–Trinajstić information content (AvgIpc) is 2.62. The highest BCUT2D eigenvalue weighted by Gasteiger charge is 2.27. The second kappa shape index (κ2) is 7.15. The first kappa shape index (κ1) is 17.9. The third-order valence-electron chi connectivity index (χ3n) is 4.09. The molecule has 0 amide bonds. The minimum Gasteiger partial charge on any atom is -0.480 e. The van der Waals surface area contributed by atoms with Gasteiger partial charge >= 0.3 is 5.97 Å². The lowest BCUT2D eigenvalue weighted by atomic mass is 10.1. The van der Waals surface area contributed by atoms with Gasteiger partial charge in [-0.3, -0.25) is 4.79 Å². The Kier molecular flexibility index (Phi) is 4.92. The van der Waals surface area contributed by atoms with Crippen molar-refractivity contribution in [3.63, 3.8) is 0 Å². The number of nitrogens with one attached hydrogen (secondary N) is 1. The number of carboxylic acid groups (broad SMARTS) is 1. The molecule has 0 bridgehead atoms. The molecule has 0 aliphatic carbocycles. The predicted molar refractivity (Wildman–Crippen MR) is 100 cm³/mol. The lowest BCUT2D eigenvalue weighted by molar-refractivity contribution is -0.138. The van der Waals surface area contributed by atoms with Crippen molar-refractivity contribution in [1.82, 2.24) is 4.72 Å². The third-order valence-corrected chi connectivity index (χ3v) is 5.62. The number of carbonyl (C=O) groups is 1. The van der Waals surface area contributed by atoms with Gasteiger partial charge in [-0.2, -0.15) is 4.72 Å². The number of benzene rings is 3. The maximum atomic E-state index is 12.8. The van der Waals surface area contributed by atoms with Gasteiger partial charge in [-0.05, 0) is 24.1 Å². The molecule has 0 heterocycles.